The number of esters is 1. The molecule has 0 spiro atoms. The van der Waals surface area contributed by atoms with Crippen LogP contribution in [-0.2, 0) is 19.1 Å². The number of Topliss-reactive ketones (excluding diaryl/α,β-unsaturated/α-hetero) is 1. The van der Waals surface area contributed by atoms with Crippen LogP contribution in [0.5, 0.6) is 0 Å². The number of primary amides is 1. The second kappa shape index (κ2) is 8.51. The first kappa shape index (κ1) is 18.1. The summed E-state index contributed by atoms with van der Waals surface area (Å²) in [4.78, 5) is 34.8. The molecule has 1 heterocycles. The standard InChI is InChI=1S/C17H25NO4/c1-4-5-11(2)6-12(3)15(19)10-14-7-13(8-16(18)20)9-17(21)22-14/h4-6,12-14H,7-10H2,1-3H3,(H2,18,20)/b5-4-,11-6+/t12-,13+,14-/m1/s1. The van der Waals surface area contributed by atoms with E-state index in [1.807, 2.05) is 39.0 Å². The SMILES string of the molecule is C/C=C\C(C)=C\[C@@H](C)C(=O)C[C@H]1C[C@@H](CC(N)=O)CC(=O)O1. The predicted molar refractivity (Wildman–Crippen MR) is 83.8 cm³/mol. The van der Waals surface area contributed by atoms with E-state index in [0.29, 0.717) is 6.42 Å². The molecule has 3 atom stereocenters. The van der Waals surface area contributed by atoms with Crippen molar-refractivity contribution in [1.29, 1.82) is 0 Å². The molecule has 2 N–H and O–H groups in total. The molecule has 0 bridgehead atoms. The van der Waals surface area contributed by atoms with Gasteiger partial charge in [-0.15, -0.1) is 0 Å². The summed E-state index contributed by atoms with van der Waals surface area (Å²) in [5.41, 5.74) is 6.20. The maximum absolute atomic E-state index is 12.2. The summed E-state index contributed by atoms with van der Waals surface area (Å²) in [6, 6.07) is 0. The normalized spacial score (nSPS) is 24.1. The molecule has 0 saturated carbocycles. The van der Waals surface area contributed by atoms with Crippen LogP contribution < -0.4 is 5.73 Å². The van der Waals surface area contributed by atoms with Crippen molar-refractivity contribution in [2.45, 2.75) is 52.6 Å². The molecule has 1 rings (SSSR count). The minimum atomic E-state index is -0.448. The van der Waals surface area contributed by atoms with Crippen LogP contribution in [0.4, 0.5) is 0 Å². The summed E-state index contributed by atoms with van der Waals surface area (Å²) in [5.74, 6) is -1.10. The van der Waals surface area contributed by atoms with Crippen molar-refractivity contribution in [3.63, 3.8) is 0 Å². The van der Waals surface area contributed by atoms with Gasteiger partial charge in [0, 0.05) is 25.2 Å². The first-order chi connectivity index (χ1) is 10.3. The highest BCUT2D eigenvalue weighted by Crippen LogP contribution is 2.26. The van der Waals surface area contributed by atoms with E-state index in [4.69, 9.17) is 10.5 Å². The molecular weight excluding hydrogens is 282 g/mol. The van der Waals surface area contributed by atoms with Crippen LogP contribution in [0.15, 0.2) is 23.8 Å². The Labute approximate surface area is 131 Å². The molecule has 1 amide bonds. The van der Waals surface area contributed by atoms with E-state index in [9.17, 15) is 14.4 Å². The van der Waals surface area contributed by atoms with Gasteiger partial charge < -0.3 is 10.5 Å². The van der Waals surface area contributed by atoms with Crippen LogP contribution in [0.2, 0.25) is 0 Å². The monoisotopic (exact) mass is 307 g/mol. The Morgan fingerprint density at radius 2 is 2.09 bits per heavy atom. The Bertz CT molecular complexity index is 491. The largest absolute Gasteiger partial charge is 0.462 e. The molecule has 0 aromatic carbocycles. The lowest BCUT2D eigenvalue weighted by molar-refractivity contribution is -0.158. The third kappa shape index (κ3) is 6.24. The molecule has 0 radical (unpaired) electrons. The number of nitrogens with two attached hydrogens (primary N) is 1. The van der Waals surface area contributed by atoms with Crippen LogP contribution >= 0.6 is 0 Å². The van der Waals surface area contributed by atoms with E-state index in [2.05, 4.69) is 0 Å². The smallest absolute Gasteiger partial charge is 0.306 e. The van der Waals surface area contributed by atoms with Gasteiger partial charge in [0.05, 0.1) is 0 Å². The molecule has 0 aromatic rings. The average Bonchev–Trinajstić information content (AvgIpc) is 2.36. The van der Waals surface area contributed by atoms with Crippen molar-refractivity contribution in [3.8, 4) is 0 Å². The van der Waals surface area contributed by atoms with Crippen LogP contribution in [0, 0.1) is 11.8 Å². The van der Waals surface area contributed by atoms with Gasteiger partial charge in [0.25, 0.3) is 0 Å². The number of hydrogen-bond acceptors (Lipinski definition) is 4. The Kier molecular flexibility index (Phi) is 7.02. The van der Waals surface area contributed by atoms with Crippen molar-refractivity contribution < 1.29 is 19.1 Å². The predicted octanol–water partition coefficient (Wildman–Crippen LogP) is 2.30. The van der Waals surface area contributed by atoms with E-state index in [0.717, 1.165) is 5.57 Å². The summed E-state index contributed by atoms with van der Waals surface area (Å²) in [6.45, 7) is 5.69. The molecule has 1 aliphatic rings. The Morgan fingerprint density at radius 1 is 1.41 bits per heavy atom. The van der Waals surface area contributed by atoms with Gasteiger partial charge in [-0.05, 0) is 26.2 Å². The molecule has 0 unspecified atom stereocenters. The lowest BCUT2D eigenvalue weighted by atomic mass is 9.88. The van der Waals surface area contributed by atoms with Gasteiger partial charge in [-0.25, -0.2) is 0 Å². The fraction of sp³-hybridized carbons (Fsp3) is 0.588. The molecule has 5 nitrogen and oxygen atoms in total. The third-order valence-electron chi connectivity index (χ3n) is 3.72. The minimum absolute atomic E-state index is 0.0291. The number of ether oxygens (including phenoxy) is 1. The second-order valence-corrected chi connectivity index (χ2v) is 5.96. The summed E-state index contributed by atoms with van der Waals surface area (Å²) in [5, 5.41) is 0. The fourth-order valence-electron chi connectivity index (χ4n) is 2.75. The molecule has 1 saturated heterocycles. The summed E-state index contributed by atoms with van der Waals surface area (Å²) in [7, 11) is 0. The van der Waals surface area contributed by atoms with E-state index >= 15 is 0 Å². The lowest BCUT2D eigenvalue weighted by Crippen LogP contribution is -2.34. The van der Waals surface area contributed by atoms with Gasteiger partial charge in [0.15, 0.2) is 0 Å². The van der Waals surface area contributed by atoms with Gasteiger partial charge in [0.1, 0.15) is 11.9 Å². The van der Waals surface area contributed by atoms with Gasteiger partial charge in [0.2, 0.25) is 5.91 Å². The first-order valence-electron chi connectivity index (χ1n) is 7.63. The van der Waals surface area contributed by atoms with Gasteiger partial charge in [-0.2, -0.15) is 0 Å². The number of carbonyl (C=O) groups excluding carboxylic acids is 3. The van der Waals surface area contributed by atoms with Crippen molar-refractivity contribution in [3.05, 3.63) is 23.8 Å². The molecule has 1 aliphatic heterocycles. The van der Waals surface area contributed by atoms with E-state index in [-0.39, 0.29) is 42.9 Å². The zero-order valence-electron chi connectivity index (χ0n) is 13.5. The van der Waals surface area contributed by atoms with E-state index in [1.165, 1.54) is 0 Å². The molecule has 22 heavy (non-hydrogen) atoms. The zero-order valence-corrected chi connectivity index (χ0v) is 13.5. The number of ketones is 1. The number of carbonyl (C=O) groups is 3. The Hall–Kier alpha value is -1.91. The topological polar surface area (TPSA) is 86.5 Å². The molecule has 122 valence electrons. The van der Waals surface area contributed by atoms with E-state index in [1.54, 1.807) is 0 Å². The van der Waals surface area contributed by atoms with E-state index < -0.39 is 12.0 Å². The van der Waals surface area contributed by atoms with Crippen molar-refractivity contribution in [2.24, 2.45) is 17.6 Å². The van der Waals surface area contributed by atoms with Gasteiger partial charge in [-0.1, -0.05) is 30.7 Å². The van der Waals surface area contributed by atoms with Crippen molar-refractivity contribution in [2.75, 3.05) is 0 Å². The molecule has 0 aromatic heterocycles. The van der Waals surface area contributed by atoms with Crippen LogP contribution in [0.1, 0.15) is 46.5 Å². The summed E-state index contributed by atoms with van der Waals surface area (Å²) in [6.07, 6.45) is 6.36. The number of cyclic esters (lactones) is 1. The lowest BCUT2D eigenvalue weighted by Gasteiger charge is -2.28. The quantitative estimate of drug-likeness (QED) is 0.577. The molecule has 0 aliphatic carbocycles. The van der Waals surface area contributed by atoms with Gasteiger partial charge >= 0.3 is 5.97 Å². The van der Waals surface area contributed by atoms with Crippen LogP contribution in [0.3, 0.4) is 0 Å². The van der Waals surface area contributed by atoms with Crippen LogP contribution in [0.25, 0.3) is 0 Å². The first-order valence-corrected chi connectivity index (χ1v) is 7.63. The highest BCUT2D eigenvalue weighted by molar-refractivity contribution is 5.83. The second-order valence-electron chi connectivity index (χ2n) is 5.96. The summed E-state index contributed by atoms with van der Waals surface area (Å²) >= 11 is 0. The Balaban J connectivity index is 2.60. The number of hydrogen-bond donors (Lipinski definition) is 1. The number of rotatable bonds is 7. The maximum atomic E-state index is 12.2. The maximum Gasteiger partial charge on any atom is 0.306 e. The zero-order chi connectivity index (χ0) is 16.7. The van der Waals surface area contributed by atoms with Crippen LogP contribution in [-0.4, -0.2) is 23.8 Å². The molecular formula is C17H25NO4. The molecule has 1 fully saturated rings. The molecule has 5 heteroatoms. The number of amides is 1. The minimum Gasteiger partial charge on any atom is -0.462 e. The van der Waals surface area contributed by atoms with Crippen molar-refractivity contribution in [1.82, 2.24) is 0 Å². The van der Waals surface area contributed by atoms with Crippen molar-refractivity contribution >= 4 is 17.7 Å². The van der Waals surface area contributed by atoms with Gasteiger partial charge in [-0.3, -0.25) is 14.4 Å². The fourth-order valence-corrected chi connectivity index (χ4v) is 2.75. The third-order valence-corrected chi connectivity index (χ3v) is 3.72. The average molecular weight is 307 g/mol. The Morgan fingerprint density at radius 3 is 2.68 bits per heavy atom. The number of allylic oxidation sites excluding steroid dienone is 4. The highest BCUT2D eigenvalue weighted by Gasteiger charge is 2.31. The highest BCUT2D eigenvalue weighted by atomic mass is 16.5. The summed E-state index contributed by atoms with van der Waals surface area (Å²) < 4.78 is 5.22.